The Balaban J connectivity index is 5.77. The molecule has 15 heteroatoms. The second-order valence-electron chi connectivity index (χ2n) is 11.1. The monoisotopic (exact) mass is 597 g/mol. The number of rotatable bonds is 20. The highest BCUT2D eigenvalue weighted by atomic mass is 31.2. The van der Waals surface area contributed by atoms with E-state index in [4.69, 9.17) is 18.5 Å². The smallest absolute Gasteiger partial charge is 0.344 e. The maximum absolute atomic E-state index is 13.3. The summed E-state index contributed by atoms with van der Waals surface area (Å²) in [5.74, 6) is -3.48. The molecule has 0 bridgehead atoms. The molecule has 0 aliphatic heterocycles. The van der Waals surface area contributed by atoms with E-state index in [9.17, 15) is 34.0 Å². The Hall–Kier alpha value is -2.09. The van der Waals surface area contributed by atoms with E-state index < -0.39 is 55.8 Å². The van der Waals surface area contributed by atoms with E-state index in [2.05, 4.69) is 0 Å². The minimum absolute atomic E-state index is 0.0782. The number of ether oxygens (including phenoxy) is 2. The largest absolute Gasteiger partial charge is 0.480 e. The van der Waals surface area contributed by atoms with E-state index in [0.29, 0.717) is 0 Å². The van der Waals surface area contributed by atoms with Crippen molar-refractivity contribution in [1.82, 2.24) is 14.7 Å². The van der Waals surface area contributed by atoms with Gasteiger partial charge in [-0.25, -0.2) is 0 Å². The Morgan fingerprint density at radius 1 is 0.625 bits per heavy atom. The summed E-state index contributed by atoms with van der Waals surface area (Å²) in [5, 5.41) is 18.7. The third-order valence-corrected chi connectivity index (χ3v) is 6.80. The molecule has 0 radical (unpaired) electrons. The highest BCUT2D eigenvalue weighted by Crippen LogP contribution is 2.48. The van der Waals surface area contributed by atoms with Gasteiger partial charge in [0.1, 0.15) is 17.5 Å². The predicted molar refractivity (Wildman–Crippen MR) is 147 cm³/mol. The van der Waals surface area contributed by atoms with Gasteiger partial charge in [0.2, 0.25) is 0 Å². The first kappa shape index (κ1) is 37.9. The molecule has 0 aromatic heterocycles. The van der Waals surface area contributed by atoms with Crippen LogP contribution in [-0.4, -0.2) is 132 Å². The van der Waals surface area contributed by atoms with E-state index in [1.807, 2.05) is 0 Å². The molecule has 0 saturated carbocycles. The van der Waals surface area contributed by atoms with Crippen LogP contribution in [0.1, 0.15) is 55.4 Å². The van der Waals surface area contributed by atoms with E-state index in [-0.39, 0.29) is 58.8 Å². The Labute approximate surface area is 237 Å². The molecule has 0 unspecified atom stereocenters. The number of carboxylic acid groups (broad SMARTS) is 2. The van der Waals surface area contributed by atoms with Crippen molar-refractivity contribution < 1.29 is 52.5 Å². The highest BCUT2D eigenvalue weighted by molar-refractivity contribution is 7.53. The van der Waals surface area contributed by atoms with Crippen LogP contribution in [0, 0.1) is 0 Å². The van der Waals surface area contributed by atoms with Gasteiger partial charge in [0.15, 0.2) is 0 Å². The third-order valence-electron chi connectivity index (χ3n) is 4.75. The second-order valence-corrected chi connectivity index (χ2v) is 13.1. The van der Waals surface area contributed by atoms with Crippen molar-refractivity contribution >= 4 is 31.5 Å². The van der Waals surface area contributed by atoms with Gasteiger partial charge in [0.05, 0.1) is 39.4 Å². The van der Waals surface area contributed by atoms with Crippen molar-refractivity contribution in [1.29, 1.82) is 0 Å². The van der Waals surface area contributed by atoms with E-state index in [1.165, 1.54) is 9.80 Å². The van der Waals surface area contributed by atoms with Crippen LogP contribution in [0.5, 0.6) is 0 Å². The molecule has 0 rings (SSSR count). The fourth-order valence-electron chi connectivity index (χ4n) is 3.50. The Kier molecular flexibility index (Phi) is 16.7. The lowest BCUT2D eigenvalue weighted by molar-refractivity contribution is -0.158. The Morgan fingerprint density at radius 3 is 1.23 bits per heavy atom. The first-order chi connectivity index (χ1) is 18.3. The third kappa shape index (κ3) is 19.9. The Bertz CT molecular complexity index is 807. The van der Waals surface area contributed by atoms with Gasteiger partial charge in [-0.05, 0) is 55.4 Å². The van der Waals surface area contributed by atoms with E-state index in [0.717, 1.165) is 0 Å². The van der Waals surface area contributed by atoms with Gasteiger partial charge in [-0.15, -0.1) is 0 Å². The maximum atomic E-state index is 13.3. The van der Waals surface area contributed by atoms with Crippen LogP contribution in [0.3, 0.4) is 0 Å². The van der Waals surface area contributed by atoms with Crippen LogP contribution in [0.25, 0.3) is 0 Å². The van der Waals surface area contributed by atoms with Crippen LogP contribution in [-0.2, 0) is 42.3 Å². The van der Waals surface area contributed by atoms with Gasteiger partial charge in [0, 0.05) is 26.2 Å². The van der Waals surface area contributed by atoms with Crippen molar-refractivity contribution in [2.45, 2.75) is 66.6 Å². The molecule has 40 heavy (non-hydrogen) atoms. The lowest BCUT2D eigenvalue weighted by Crippen LogP contribution is -2.45. The second kappa shape index (κ2) is 17.7. The van der Waals surface area contributed by atoms with Gasteiger partial charge in [0.25, 0.3) is 0 Å². The number of carbonyl (C=O) groups is 4. The fourth-order valence-corrected chi connectivity index (χ4v) is 5.30. The molecule has 2 N–H and O–H groups in total. The molecule has 0 fully saturated rings. The minimum atomic E-state index is -3.59. The topological polar surface area (TPSA) is 172 Å². The summed E-state index contributed by atoms with van der Waals surface area (Å²) < 4.78 is 34.7. The molecule has 0 atom stereocenters. The molecule has 0 aromatic carbocycles. The van der Waals surface area contributed by atoms with E-state index >= 15 is 0 Å². The highest BCUT2D eigenvalue weighted by Gasteiger charge is 2.29. The van der Waals surface area contributed by atoms with Gasteiger partial charge >= 0.3 is 31.5 Å². The Morgan fingerprint density at radius 2 is 0.950 bits per heavy atom. The number of esters is 2. The number of hydrogen-bond acceptors (Lipinski definition) is 12. The number of carbonyl (C=O) groups excluding carboxylic acids is 2. The summed E-state index contributed by atoms with van der Waals surface area (Å²) in [6.45, 7) is 12.8. The molecule has 234 valence electrons. The SMILES string of the molecule is CCOP(=O)(CN(CCN(CC(=O)O)CC(=O)OC(C)(C)C)CCN(CC(=O)O)CC(=O)OC(C)(C)C)OCC. The first-order valence-electron chi connectivity index (χ1n) is 13.2. The molecular formula is C25H48N3O11P. The van der Waals surface area contributed by atoms with Crippen LogP contribution in [0.2, 0.25) is 0 Å². The molecule has 0 aromatic rings. The molecule has 0 amide bonds. The summed E-state index contributed by atoms with van der Waals surface area (Å²) in [6, 6.07) is 0. The standard InChI is InChI=1S/C25H48N3O11P/c1-9-36-40(35,37-10-2)19-26(11-13-27(15-20(29)30)17-22(33)38-24(3,4)5)12-14-28(16-21(31)32)18-23(34)39-25(6,7)8/h9-19H2,1-8H3,(H,29,30)(H,31,32). The molecule has 0 aliphatic rings. The zero-order valence-electron chi connectivity index (χ0n) is 25.1. The van der Waals surface area contributed by atoms with Crippen LogP contribution in [0.15, 0.2) is 0 Å². The molecule has 0 saturated heterocycles. The number of aliphatic carboxylic acids is 2. The minimum Gasteiger partial charge on any atom is -0.480 e. The average Bonchev–Trinajstić information content (AvgIpc) is 2.72. The zero-order valence-corrected chi connectivity index (χ0v) is 26.0. The molecule has 0 spiro atoms. The first-order valence-corrected chi connectivity index (χ1v) is 14.9. The van der Waals surface area contributed by atoms with Crippen LogP contribution < -0.4 is 0 Å². The van der Waals surface area contributed by atoms with Gasteiger partial charge in [-0.1, -0.05) is 0 Å². The molecular weight excluding hydrogens is 549 g/mol. The summed E-state index contributed by atoms with van der Waals surface area (Å²) in [4.78, 5) is 52.0. The molecule has 0 aliphatic carbocycles. The van der Waals surface area contributed by atoms with Crippen LogP contribution >= 0.6 is 7.60 Å². The van der Waals surface area contributed by atoms with E-state index in [1.54, 1.807) is 60.3 Å². The molecule has 0 heterocycles. The lowest BCUT2D eigenvalue weighted by Gasteiger charge is -2.31. The number of carboxylic acids is 2. The van der Waals surface area contributed by atoms with Gasteiger partial charge < -0.3 is 28.7 Å². The zero-order chi connectivity index (χ0) is 31.1. The van der Waals surface area contributed by atoms with Gasteiger partial charge in [-0.2, -0.15) is 0 Å². The molecule has 14 nitrogen and oxygen atoms in total. The summed E-state index contributed by atoms with van der Waals surface area (Å²) in [6.07, 6.45) is -0.171. The number of nitrogens with zero attached hydrogens (tertiary/aromatic N) is 3. The summed E-state index contributed by atoms with van der Waals surface area (Å²) >= 11 is 0. The van der Waals surface area contributed by atoms with Crippen molar-refractivity contribution in [3.8, 4) is 0 Å². The van der Waals surface area contributed by atoms with Crippen molar-refractivity contribution in [2.75, 3.05) is 71.9 Å². The fraction of sp³-hybridized carbons (Fsp3) is 0.840. The maximum Gasteiger partial charge on any atom is 0.344 e. The normalized spacial score (nSPS) is 12.7. The average molecular weight is 598 g/mol. The van der Waals surface area contributed by atoms with Crippen molar-refractivity contribution in [3.05, 3.63) is 0 Å². The predicted octanol–water partition coefficient (Wildman–Crippen LogP) is 1.97. The van der Waals surface area contributed by atoms with Gasteiger partial charge in [-0.3, -0.25) is 38.4 Å². The number of hydrogen-bond donors (Lipinski definition) is 2. The summed E-state index contributed by atoms with van der Waals surface area (Å²) in [5.41, 5.74) is -1.50. The summed E-state index contributed by atoms with van der Waals surface area (Å²) in [7, 11) is -3.59. The van der Waals surface area contributed by atoms with Crippen molar-refractivity contribution in [3.63, 3.8) is 0 Å². The van der Waals surface area contributed by atoms with Crippen LogP contribution in [0.4, 0.5) is 0 Å². The quantitative estimate of drug-likeness (QED) is 0.154. The lowest BCUT2D eigenvalue weighted by atomic mass is 10.2. The van der Waals surface area contributed by atoms with Crippen molar-refractivity contribution in [2.24, 2.45) is 0 Å².